The molecule has 160 valence electrons. The van der Waals surface area contributed by atoms with E-state index in [-0.39, 0.29) is 17.9 Å². The Morgan fingerprint density at radius 2 is 1.63 bits per heavy atom. The van der Waals surface area contributed by atoms with E-state index in [9.17, 15) is 9.59 Å². The highest BCUT2D eigenvalue weighted by Gasteiger charge is 2.39. The van der Waals surface area contributed by atoms with Crippen molar-refractivity contribution in [3.63, 3.8) is 0 Å². The average molecular weight is 410 g/mol. The van der Waals surface area contributed by atoms with Gasteiger partial charge in [0.25, 0.3) is 0 Å². The standard InChI is InChI=1S/C24H31N3O3/c1-30-24(29)21-15-17-26(16-14-20-10-6-3-7-11-20)18-22(21)27(25)23(28)13-12-19-8-4-2-5-9-19/h2-11,21-22H,12-18,25H2,1H3. The fraction of sp³-hybridized carbons (Fsp3) is 0.417. The number of methoxy groups -OCH3 is 1. The number of likely N-dealkylation sites (tertiary alicyclic amines) is 1. The van der Waals surface area contributed by atoms with Gasteiger partial charge in [0.15, 0.2) is 0 Å². The van der Waals surface area contributed by atoms with Gasteiger partial charge in [-0.15, -0.1) is 0 Å². The molecule has 1 aliphatic rings. The van der Waals surface area contributed by atoms with E-state index >= 15 is 0 Å². The average Bonchev–Trinajstić information content (AvgIpc) is 2.81. The second kappa shape index (κ2) is 10.9. The van der Waals surface area contributed by atoms with Crippen molar-refractivity contribution >= 4 is 11.9 Å². The topological polar surface area (TPSA) is 75.9 Å². The summed E-state index contributed by atoms with van der Waals surface area (Å²) in [6.45, 7) is 2.22. The molecule has 1 fully saturated rings. The van der Waals surface area contributed by atoms with Crippen LogP contribution in [0.25, 0.3) is 0 Å². The molecule has 2 aromatic rings. The molecule has 1 amide bonds. The number of carbonyl (C=O) groups is 2. The summed E-state index contributed by atoms with van der Waals surface area (Å²) in [5.74, 6) is 5.42. The Bertz CT molecular complexity index is 813. The highest BCUT2D eigenvalue weighted by atomic mass is 16.5. The largest absolute Gasteiger partial charge is 0.469 e. The molecule has 0 aliphatic carbocycles. The summed E-state index contributed by atoms with van der Waals surface area (Å²) in [4.78, 5) is 27.4. The molecular weight excluding hydrogens is 378 g/mol. The summed E-state index contributed by atoms with van der Waals surface area (Å²) in [6, 6.07) is 19.8. The summed E-state index contributed by atoms with van der Waals surface area (Å²) in [5, 5.41) is 1.28. The number of esters is 1. The highest BCUT2D eigenvalue weighted by Crippen LogP contribution is 2.23. The molecule has 2 aromatic carbocycles. The SMILES string of the molecule is COC(=O)C1CCN(CCc2ccccc2)CC1N(N)C(=O)CCc1ccccc1. The van der Waals surface area contributed by atoms with Crippen LogP contribution in [0.15, 0.2) is 60.7 Å². The fourth-order valence-electron chi connectivity index (χ4n) is 4.05. The molecule has 30 heavy (non-hydrogen) atoms. The minimum Gasteiger partial charge on any atom is -0.469 e. The minimum absolute atomic E-state index is 0.150. The van der Waals surface area contributed by atoms with Crippen molar-refractivity contribution in [3.8, 4) is 0 Å². The molecule has 0 bridgehead atoms. The van der Waals surface area contributed by atoms with E-state index < -0.39 is 5.92 Å². The lowest BCUT2D eigenvalue weighted by Gasteiger charge is -2.41. The number of nitrogens with zero attached hydrogens (tertiary/aromatic N) is 2. The summed E-state index contributed by atoms with van der Waals surface area (Å²) >= 11 is 0. The maximum Gasteiger partial charge on any atom is 0.310 e. The number of aryl methyl sites for hydroxylation is 1. The van der Waals surface area contributed by atoms with Crippen molar-refractivity contribution < 1.29 is 14.3 Å². The van der Waals surface area contributed by atoms with Crippen molar-refractivity contribution in [2.75, 3.05) is 26.7 Å². The predicted octanol–water partition coefficient (Wildman–Crippen LogP) is 2.43. The van der Waals surface area contributed by atoms with Crippen LogP contribution in [0.5, 0.6) is 0 Å². The van der Waals surface area contributed by atoms with Gasteiger partial charge in [-0.1, -0.05) is 60.7 Å². The van der Waals surface area contributed by atoms with Crippen molar-refractivity contribution in [2.45, 2.75) is 31.7 Å². The number of benzene rings is 2. The van der Waals surface area contributed by atoms with Gasteiger partial charge in [-0.2, -0.15) is 0 Å². The van der Waals surface area contributed by atoms with E-state index in [2.05, 4.69) is 17.0 Å². The molecule has 2 N–H and O–H groups in total. The van der Waals surface area contributed by atoms with Crippen LogP contribution in [0.2, 0.25) is 0 Å². The first-order valence-corrected chi connectivity index (χ1v) is 10.5. The molecule has 1 saturated heterocycles. The van der Waals surface area contributed by atoms with Crippen LogP contribution < -0.4 is 5.84 Å². The Morgan fingerprint density at radius 1 is 1.03 bits per heavy atom. The Kier molecular flexibility index (Phi) is 7.99. The Hall–Kier alpha value is -2.70. The van der Waals surface area contributed by atoms with Crippen LogP contribution in [0.3, 0.4) is 0 Å². The van der Waals surface area contributed by atoms with Crippen LogP contribution >= 0.6 is 0 Å². The van der Waals surface area contributed by atoms with E-state index in [0.717, 1.165) is 25.1 Å². The molecule has 2 atom stereocenters. The quantitative estimate of drug-likeness (QED) is 0.314. The van der Waals surface area contributed by atoms with Gasteiger partial charge in [0.2, 0.25) is 5.91 Å². The molecule has 0 saturated carbocycles. The van der Waals surface area contributed by atoms with Gasteiger partial charge in [-0.25, -0.2) is 5.84 Å². The van der Waals surface area contributed by atoms with Gasteiger partial charge in [0.1, 0.15) is 0 Å². The van der Waals surface area contributed by atoms with Crippen molar-refractivity contribution in [3.05, 3.63) is 71.8 Å². The van der Waals surface area contributed by atoms with Gasteiger partial charge < -0.3 is 9.64 Å². The fourth-order valence-corrected chi connectivity index (χ4v) is 4.05. The third-order valence-corrected chi connectivity index (χ3v) is 5.85. The lowest BCUT2D eigenvalue weighted by molar-refractivity contribution is -0.153. The lowest BCUT2D eigenvalue weighted by atomic mass is 9.90. The lowest BCUT2D eigenvalue weighted by Crippen LogP contribution is -2.59. The number of ether oxygens (including phenoxy) is 1. The third kappa shape index (κ3) is 5.90. The predicted molar refractivity (Wildman–Crippen MR) is 116 cm³/mol. The number of hydrogen-bond donors (Lipinski definition) is 1. The third-order valence-electron chi connectivity index (χ3n) is 5.85. The normalized spacial score (nSPS) is 19.3. The number of amides is 1. The number of rotatable bonds is 8. The second-order valence-corrected chi connectivity index (χ2v) is 7.81. The van der Waals surface area contributed by atoms with Crippen molar-refractivity contribution in [2.24, 2.45) is 11.8 Å². The van der Waals surface area contributed by atoms with Gasteiger partial charge in [-0.05, 0) is 36.9 Å². The minimum atomic E-state index is -0.395. The van der Waals surface area contributed by atoms with Crippen LogP contribution in [0.4, 0.5) is 0 Å². The molecule has 0 spiro atoms. The molecule has 6 heteroatoms. The van der Waals surface area contributed by atoms with E-state index in [1.54, 1.807) is 0 Å². The maximum absolute atomic E-state index is 12.8. The van der Waals surface area contributed by atoms with E-state index in [4.69, 9.17) is 10.6 Å². The number of hydrazine groups is 1. The maximum atomic E-state index is 12.8. The summed E-state index contributed by atoms with van der Waals surface area (Å²) in [7, 11) is 1.39. The van der Waals surface area contributed by atoms with Crippen LogP contribution in [0.1, 0.15) is 24.0 Å². The zero-order valence-corrected chi connectivity index (χ0v) is 17.6. The first-order chi connectivity index (χ1) is 14.6. The summed E-state index contributed by atoms with van der Waals surface area (Å²) < 4.78 is 4.99. The van der Waals surface area contributed by atoms with Crippen molar-refractivity contribution in [1.82, 2.24) is 9.91 Å². The van der Waals surface area contributed by atoms with Gasteiger partial charge in [-0.3, -0.25) is 14.6 Å². The summed E-state index contributed by atoms with van der Waals surface area (Å²) in [6.07, 6.45) is 2.49. The summed E-state index contributed by atoms with van der Waals surface area (Å²) in [5.41, 5.74) is 2.37. The molecule has 1 heterocycles. The number of hydrogen-bond acceptors (Lipinski definition) is 5. The molecular formula is C24H31N3O3. The van der Waals surface area contributed by atoms with Crippen molar-refractivity contribution in [1.29, 1.82) is 0 Å². The van der Waals surface area contributed by atoms with Crippen LogP contribution in [-0.4, -0.2) is 54.6 Å². The first-order valence-electron chi connectivity index (χ1n) is 10.5. The highest BCUT2D eigenvalue weighted by molar-refractivity contribution is 5.78. The number of piperidine rings is 1. The zero-order valence-electron chi connectivity index (χ0n) is 17.6. The van der Waals surface area contributed by atoms with Gasteiger partial charge in [0, 0.05) is 19.5 Å². The Balaban J connectivity index is 1.61. The van der Waals surface area contributed by atoms with E-state index in [1.807, 2.05) is 48.5 Å². The van der Waals surface area contributed by atoms with Crippen LogP contribution in [-0.2, 0) is 27.2 Å². The molecule has 0 radical (unpaired) electrons. The number of nitrogens with two attached hydrogens (primary N) is 1. The first kappa shape index (κ1) is 22.0. The Morgan fingerprint density at radius 3 is 2.23 bits per heavy atom. The van der Waals surface area contributed by atoms with E-state index in [0.29, 0.717) is 25.8 Å². The molecule has 2 unspecified atom stereocenters. The van der Waals surface area contributed by atoms with Gasteiger partial charge >= 0.3 is 5.97 Å². The zero-order chi connectivity index (χ0) is 21.3. The molecule has 0 aromatic heterocycles. The molecule has 3 rings (SSSR count). The second-order valence-electron chi connectivity index (χ2n) is 7.81. The van der Waals surface area contributed by atoms with E-state index in [1.165, 1.54) is 17.7 Å². The number of carbonyl (C=O) groups excluding carboxylic acids is 2. The Labute approximate surface area is 178 Å². The van der Waals surface area contributed by atoms with Crippen LogP contribution in [0, 0.1) is 5.92 Å². The smallest absolute Gasteiger partial charge is 0.310 e. The van der Waals surface area contributed by atoms with Gasteiger partial charge in [0.05, 0.1) is 19.1 Å². The molecule has 6 nitrogen and oxygen atoms in total. The monoisotopic (exact) mass is 409 g/mol. The molecule has 1 aliphatic heterocycles.